The third-order valence-electron chi connectivity index (χ3n) is 4.21. The number of aromatic nitrogens is 4. The summed E-state index contributed by atoms with van der Waals surface area (Å²) >= 11 is 1.31. The fourth-order valence-electron chi connectivity index (χ4n) is 2.70. The number of methoxy groups -OCH3 is 1. The van der Waals surface area contributed by atoms with Crippen LogP contribution in [0.5, 0.6) is 5.75 Å². The smallest absolute Gasteiger partial charge is 0.233 e. The van der Waals surface area contributed by atoms with Gasteiger partial charge >= 0.3 is 0 Å². The summed E-state index contributed by atoms with van der Waals surface area (Å²) in [6, 6.07) is 15.9. The van der Waals surface area contributed by atoms with Crippen LogP contribution < -0.4 is 10.1 Å². The zero-order chi connectivity index (χ0) is 19.9. The molecule has 1 amide bonds. The molecule has 0 aliphatic rings. The number of carbonyl (C=O) groups excluding carboxylic acids is 1. The number of hydrogen-bond acceptors (Lipinski definition) is 6. The minimum Gasteiger partial charge on any atom is -0.494 e. The Kier molecular flexibility index (Phi) is 6.65. The third kappa shape index (κ3) is 4.89. The van der Waals surface area contributed by atoms with Crippen molar-refractivity contribution in [1.82, 2.24) is 25.5 Å². The Bertz CT molecular complexity index is 929. The predicted octanol–water partition coefficient (Wildman–Crippen LogP) is 2.82. The Morgan fingerprint density at radius 3 is 2.79 bits per heavy atom. The van der Waals surface area contributed by atoms with Crippen molar-refractivity contribution in [2.45, 2.75) is 30.7 Å². The maximum absolute atomic E-state index is 12.5. The van der Waals surface area contributed by atoms with Crippen LogP contribution in [0.4, 0.5) is 0 Å². The highest BCUT2D eigenvalue weighted by molar-refractivity contribution is 8.00. The normalized spacial score (nSPS) is 11.8. The zero-order valence-electron chi connectivity index (χ0n) is 16.1. The lowest BCUT2D eigenvalue weighted by molar-refractivity contribution is -0.120. The van der Waals surface area contributed by atoms with Crippen LogP contribution in [0.25, 0.3) is 5.69 Å². The van der Waals surface area contributed by atoms with Crippen LogP contribution in [0.2, 0.25) is 0 Å². The molecule has 1 atom stereocenters. The van der Waals surface area contributed by atoms with Crippen molar-refractivity contribution in [3.8, 4) is 11.4 Å². The monoisotopic (exact) mass is 397 g/mol. The number of hydrogen-bond donors (Lipinski definition) is 1. The second-order valence-electron chi connectivity index (χ2n) is 6.34. The highest BCUT2D eigenvalue weighted by atomic mass is 32.2. The first-order chi connectivity index (χ1) is 13.6. The van der Waals surface area contributed by atoms with Gasteiger partial charge in [0.25, 0.3) is 0 Å². The summed E-state index contributed by atoms with van der Waals surface area (Å²) in [5.41, 5.74) is 3.00. The van der Waals surface area contributed by atoms with Crippen molar-refractivity contribution in [3.63, 3.8) is 0 Å². The molecule has 8 heteroatoms. The number of carbonyl (C=O) groups is 1. The fraction of sp³-hybridized carbons (Fsp3) is 0.300. The molecule has 7 nitrogen and oxygen atoms in total. The topological polar surface area (TPSA) is 81.9 Å². The van der Waals surface area contributed by atoms with Crippen LogP contribution in [-0.2, 0) is 11.2 Å². The fourth-order valence-corrected chi connectivity index (χ4v) is 3.52. The van der Waals surface area contributed by atoms with Crippen LogP contribution in [-0.4, -0.2) is 45.0 Å². The van der Waals surface area contributed by atoms with Gasteiger partial charge in [0, 0.05) is 6.54 Å². The first-order valence-corrected chi connectivity index (χ1v) is 9.88. The van der Waals surface area contributed by atoms with Gasteiger partial charge in [-0.05, 0) is 54.0 Å². The van der Waals surface area contributed by atoms with Crippen molar-refractivity contribution in [2.75, 3.05) is 13.7 Å². The van der Waals surface area contributed by atoms with Crippen molar-refractivity contribution >= 4 is 17.7 Å². The van der Waals surface area contributed by atoms with E-state index >= 15 is 0 Å². The van der Waals surface area contributed by atoms with Gasteiger partial charge in [-0.2, -0.15) is 4.68 Å². The average Bonchev–Trinajstić information content (AvgIpc) is 3.16. The van der Waals surface area contributed by atoms with Crippen molar-refractivity contribution < 1.29 is 9.53 Å². The Hall–Kier alpha value is -2.87. The summed E-state index contributed by atoms with van der Waals surface area (Å²) in [6.45, 7) is 4.42. The number of benzene rings is 2. The van der Waals surface area contributed by atoms with E-state index in [-0.39, 0.29) is 11.2 Å². The maximum atomic E-state index is 12.5. The van der Waals surface area contributed by atoms with Crippen molar-refractivity contribution in [3.05, 3.63) is 59.7 Å². The SMILES string of the molecule is COc1ccc(C)cc1-n1nnnc1SC(C)C(=O)NCCc1ccccc1. The van der Waals surface area contributed by atoms with Gasteiger partial charge in [-0.25, -0.2) is 0 Å². The summed E-state index contributed by atoms with van der Waals surface area (Å²) < 4.78 is 7.02. The van der Waals surface area contributed by atoms with E-state index in [1.165, 1.54) is 17.3 Å². The number of nitrogens with one attached hydrogen (secondary N) is 1. The first kappa shape index (κ1) is 19.9. The molecular formula is C20H23N5O2S. The standard InChI is InChI=1S/C20H23N5O2S/c1-14-9-10-18(27-3)17(13-14)25-20(22-23-24-25)28-15(2)19(26)21-12-11-16-7-5-4-6-8-16/h4-10,13,15H,11-12H2,1-3H3,(H,21,26). The van der Waals surface area contributed by atoms with E-state index in [1.54, 1.807) is 11.8 Å². The molecule has 3 aromatic rings. The molecule has 1 unspecified atom stereocenters. The molecule has 0 saturated carbocycles. The number of rotatable bonds is 8. The van der Waals surface area contributed by atoms with Crippen LogP contribution in [0.15, 0.2) is 53.7 Å². The second-order valence-corrected chi connectivity index (χ2v) is 7.64. The Balaban J connectivity index is 1.64. The average molecular weight is 398 g/mol. The number of amides is 1. The molecule has 3 rings (SSSR count). The minimum atomic E-state index is -0.337. The van der Waals surface area contributed by atoms with Crippen LogP contribution in [0.1, 0.15) is 18.1 Å². The lowest BCUT2D eigenvalue weighted by atomic mass is 10.1. The molecule has 0 fully saturated rings. The summed E-state index contributed by atoms with van der Waals surface area (Å²) in [7, 11) is 1.61. The molecule has 0 radical (unpaired) electrons. The van der Waals surface area contributed by atoms with Gasteiger partial charge in [-0.15, -0.1) is 5.10 Å². The number of aryl methyl sites for hydroxylation is 1. The molecule has 146 valence electrons. The number of tetrazole rings is 1. The highest BCUT2D eigenvalue weighted by Crippen LogP contribution is 2.28. The molecule has 0 bridgehead atoms. The molecule has 0 aliphatic carbocycles. The van der Waals surface area contributed by atoms with Crippen LogP contribution >= 0.6 is 11.8 Å². The first-order valence-electron chi connectivity index (χ1n) is 9.00. The van der Waals surface area contributed by atoms with E-state index in [0.717, 1.165) is 17.7 Å². The van der Waals surface area contributed by atoms with Crippen LogP contribution in [0, 0.1) is 6.92 Å². The molecule has 0 saturated heterocycles. The molecule has 0 spiro atoms. The van der Waals surface area contributed by atoms with E-state index in [0.29, 0.717) is 17.5 Å². The van der Waals surface area contributed by atoms with E-state index in [9.17, 15) is 4.79 Å². The largest absolute Gasteiger partial charge is 0.494 e. The summed E-state index contributed by atoms with van der Waals surface area (Å²) in [5, 5.41) is 15.1. The molecule has 28 heavy (non-hydrogen) atoms. The molecule has 1 heterocycles. The number of ether oxygens (including phenoxy) is 1. The van der Waals surface area contributed by atoms with Gasteiger partial charge in [0.15, 0.2) is 0 Å². The second kappa shape index (κ2) is 9.36. The summed E-state index contributed by atoms with van der Waals surface area (Å²) in [6.07, 6.45) is 0.794. The van der Waals surface area contributed by atoms with Crippen LogP contribution in [0.3, 0.4) is 0 Å². The van der Waals surface area contributed by atoms with E-state index in [1.807, 2.05) is 62.4 Å². The Morgan fingerprint density at radius 1 is 1.25 bits per heavy atom. The van der Waals surface area contributed by atoms with E-state index in [2.05, 4.69) is 20.8 Å². The van der Waals surface area contributed by atoms with Gasteiger partial charge in [0.2, 0.25) is 11.1 Å². The zero-order valence-corrected chi connectivity index (χ0v) is 16.9. The third-order valence-corrected chi connectivity index (χ3v) is 5.24. The summed E-state index contributed by atoms with van der Waals surface area (Å²) in [5.74, 6) is 0.617. The van der Waals surface area contributed by atoms with E-state index < -0.39 is 0 Å². The lowest BCUT2D eigenvalue weighted by Gasteiger charge is -2.13. The molecular weight excluding hydrogens is 374 g/mol. The summed E-state index contributed by atoms with van der Waals surface area (Å²) in [4.78, 5) is 12.5. The highest BCUT2D eigenvalue weighted by Gasteiger charge is 2.20. The predicted molar refractivity (Wildman–Crippen MR) is 109 cm³/mol. The molecule has 1 aromatic heterocycles. The minimum absolute atomic E-state index is 0.0494. The lowest BCUT2D eigenvalue weighted by Crippen LogP contribution is -2.32. The van der Waals surface area contributed by atoms with Gasteiger partial charge in [-0.1, -0.05) is 48.2 Å². The van der Waals surface area contributed by atoms with Crippen molar-refractivity contribution in [1.29, 1.82) is 0 Å². The van der Waals surface area contributed by atoms with Gasteiger partial charge < -0.3 is 10.1 Å². The van der Waals surface area contributed by atoms with Gasteiger partial charge in [0.05, 0.1) is 12.4 Å². The number of thioether (sulfide) groups is 1. The van der Waals surface area contributed by atoms with E-state index in [4.69, 9.17) is 4.74 Å². The van der Waals surface area contributed by atoms with Gasteiger partial charge in [0.1, 0.15) is 11.4 Å². The Morgan fingerprint density at radius 2 is 2.04 bits per heavy atom. The Labute approximate surface area is 168 Å². The molecule has 1 N–H and O–H groups in total. The number of nitrogens with zero attached hydrogens (tertiary/aromatic N) is 4. The van der Waals surface area contributed by atoms with Crippen molar-refractivity contribution in [2.24, 2.45) is 0 Å². The van der Waals surface area contributed by atoms with Gasteiger partial charge in [-0.3, -0.25) is 4.79 Å². The quantitative estimate of drug-likeness (QED) is 0.589. The molecule has 2 aromatic carbocycles. The maximum Gasteiger partial charge on any atom is 0.233 e. The molecule has 0 aliphatic heterocycles.